The molecule has 4 rings (SSSR count). The molecule has 1 aromatic heterocycles. The van der Waals surface area contributed by atoms with E-state index in [0.717, 1.165) is 31.9 Å². The Morgan fingerprint density at radius 3 is 2.67 bits per heavy atom. The molecule has 6 nitrogen and oxygen atoms in total. The number of alkyl halides is 3. The summed E-state index contributed by atoms with van der Waals surface area (Å²) >= 11 is 0. The fourth-order valence-electron chi connectivity index (χ4n) is 4.48. The Bertz CT molecular complexity index is 694. The van der Waals surface area contributed by atoms with Crippen LogP contribution >= 0.6 is 0 Å². The van der Waals surface area contributed by atoms with Crippen molar-refractivity contribution in [2.24, 2.45) is 16.8 Å². The molecule has 0 amide bonds. The van der Waals surface area contributed by atoms with Crippen molar-refractivity contribution in [3.63, 3.8) is 0 Å². The van der Waals surface area contributed by atoms with Gasteiger partial charge < -0.3 is 19.7 Å². The van der Waals surface area contributed by atoms with Crippen LogP contribution in [0.4, 0.5) is 13.2 Å². The number of fused-ring (bicyclic) bond motifs is 5. The van der Waals surface area contributed by atoms with Gasteiger partial charge in [-0.2, -0.15) is 13.2 Å². The standard InChI is InChI=1S/C18H23F3N4O2/c1-22-17(25-8-12-13(9-25)15-5-4-14(12)27-15)24-7-11-3-2-6-23-16(11)26-10-18(19,20)21/h2-3,6,12-15H,4-5,7-10H2,1H3,(H,22,24). The minimum absolute atomic E-state index is 0.0116. The highest BCUT2D eigenvalue weighted by Gasteiger charge is 2.53. The summed E-state index contributed by atoms with van der Waals surface area (Å²) in [5.41, 5.74) is 0.561. The first-order valence-electron chi connectivity index (χ1n) is 9.19. The van der Waals surface area contributed by atoms with Gasteiger partial charge in [0.05, 0.1) is 12.2 Å². The largest absolute Gasteiger partial charge is 0.468 e. The Hall–Kier alpha value is -2.03. The van der Waals surface area contributed by atoms with Crippen molar-refractivity contribution in [2.45, 2.75) is 37.8 Å². The Labute approximate surface area is 155 Å². The summed E-state index contributed by atoms with van der Waals surface area (Å²) in [6, 6.07) is 3.38. The van der Waals surface area contributed by atoms with Crippen LogP contribution in [0.5, 0.6) is 5.88 Å². The highest BCUT2D eigenvalue weighted by molar-refractivity contribution is 5.80. The van der Waals surface area contributed by atoms with E-state index in [1.807, 2.05) is 0 Å². The van der Waals surface area contributed by atoms with E-state index < -0.39 is 12.8 Å². The van der Waals surface area contributed by atoms with E-state index in [1.54, 1.807) is 19.2 Å². The number of rotatable bonds is 4. The third-order valence-corrected chi connectivity index (χ3v) is 5.62. The number of likely N-dealkylation sites (tertiary alicyclic amines) is 1. The van der Waals surface area contributed by atoms with Gasteiger partial charge in [-0.1, -0.05) is 6.07 Å². The van der Waals surface area contributed by atoms with Crippen molar-refractivity contribution >= 4 is 5.96 Å². The van der Waals surface area contributed by atoms with E-state index >= 15 is 0 Å². The van der Waals surface area contributed by atoms with Gasteiger partial charge in [0, 0.05) is 50.3 Å². The number of pyridine rings is 1. The molecule has 3 fully saturated rings. The van der Waals surface area contributed by atoms with E-state index in [4.69, 9.17) is 9.47 Å². The minimum atomic E-state index is -4.40. The van der Waals surface area contributed by atoms with Crippen molar-refractivity contribution in [1.82, 2.24) is 15.2 Å². The lowest BCUT2D eigenvalue weighted by Gasteiger charge is -2.23. The van der Waals surface area contributed by atoms with Gasteiger partial charge >= 0.3 is 6.18 Å². The second kappa shape index (κ2) is 7.18. The van der Waals surface area contributed by atoms with Crippen LogP contribution in [0.1, 0.15) is 18.4 Å². The molecule has 0 aromatic carbocycles. The maximum absolute atomic E-state index is 12.4. The first-order valence-corrected chi connectivity index (χ1v) is 9.19. The van der Waals surface area contributed by atoms with Gasteiger partial charge in [-0.3, -0.25) is 4.99 Å². The van der Waals surface area contributed by atoms with E-state index in [0.29, 0.717) is 36.2 Å². The molecule has 27 heavy (non-hydrogen) atoms. The van der Waals surface area contributed by atoms with Gasteiger partial charge in [-0.05, 0) is 18.9 Å². The number of nitrogens with one attached hydrogen (secondary N) is 1. The van der Waals surface area contributed by atoms with Crippen molar-refractivity contribution in [2.75, 3.05) is 26.7 Å². The molecule has 3 aliphatic heterocycles. The smallest absolute Gasteiger partial charge is 0.422 e. The molecule has 4 heterocycles. The molecule has 3 aliphatic rings. The first kappa shape index (κ1) is 18.3. The number of nitrogens with zero attached hydrogens (tertiary/aromatic N) is 3. The Morgan fingerprint density at radius 2 is 2.04 bits per heavy atom. The third kappa shape index (κ3) is 3.83. The number of guanidine groups is 1. The highest BCUT2D eigenvalue weighted by Crippen LogP contribution is 2.47. The van der Waals surface area contributed by atoms with E-state index in [-0.39, 0.29) is 5.88 Å². The van der Waals surface area contributed by atoms with Crippen LogP contribution in [0.15, 0.2) is 23.3 Å². The lowest BCUT2D eigenvalue weighted by Crippen LogP contribution is -2.41. The Morgan fingerprint density at radius 1 is 1.33 bits per heavy atom. The van der Waals surface area contributed by atoms with Crippen LogP contribution < -0.4 is 10.1 Å². The van der Waals surface area contributed by atoms with Crippen LogP contribution in [0.3, 0.4) is 0 Å². The highest BCUT2D eigenvalue weighted by atomic mass is 19.4. The molecule has 4 atom stereocenters. The minimum Gasteiger partial charge on any atom is -0.468 e. The van der Waals surface area contributed by atoms with Crippen molar-refractivity contribution in [3.05, 3.63) is 23.9 Å². The molecule has 3 saturated heterocycles. The lowest BCUT2D eigenvalue weighted by atomic mass is 9.82. The first-order chi connectivity index (χ1) is 12.9. The summed E-state index contributed by atoms with van der Waals surface area (Å²) in [6.45, 7) is 0.735. The van der Waals surface area contributed by atoms with Crippen molar-refractivity contribution in [1.29, 1.82) is 0 Å². The maximum Gasteiger partial charge on any atom is 0.422 e. The maximum atomic E-state index is 12.4. The lowest BCUT2D eigenvalue weighted by molar-refractivity contribution is -0.154. The number of aliphatic imine (C=N–C) groups is 1. The second-order valence-electron chi connectivity index (χ2n) is 7.30. The fraction of sp³-hybridized carbons (Fsp3) is 0.667. The van der Waals surface area contributed by atoms with E-state index in [2.05, 4.69) is 20.2 Å². The van der Waals surface area contributed by atoms with Gasteiger partial charge in [0.1, 0.15) is 0 Å². The second-order valence-corrected chi connectivity index (χ2v) is 7.30. The third-order valence-electron chi connectivity index (χ3n) is 5.62. The van der Waals surface area contributed by atoms with Gasteiger partial charge in [-0.15, -0.1) is 0 Å². The quantitative estimate of drug-likeness (QED) is 0.637. The summed E-state index contributed by atoms with van der Waals surface area (Å²) in [7, 11) is 1.71. The molecular weight excluding hydrogens is 361 g/mol. The predicted molar refractivity (Wildman–Crippen MR) is 92.4 cm³/mol. The molecule has 148 valence electrons. The van der Waals surface area contributed by atoms with Crippen LogP contribution in [-0.2, 0) is 11.3 Å². The van der Waals surface area contributed by atoms with E-state index in [1.165, 1.54) is 6.20 Å². The number of hydrogen-bond acceptors (Lipinski definition) is 4. The van der Waals surface area contributed by atoms with Crippen LogP contribution in [-0.4, -0.2) is 61.0 Å². The van der Waals surface area contributed by atoms with Crippen molar-refractivity contribution < 1.29 is 22.6 Å². The van der Waals surface area contributed by atoms with E-state index in [9.17, 15) is 13.2 Å². The van der Waals surface area contributed by atoms with Crippen molar-refractivity contribution in [3.8, 4) is 5.88 Å². The zero-order chi connectivity index (χ0) is 19.0. The zero-order valence-corrected chi connectivity index (χ0v) is 15.1. The number of hydrogen-bond donors (Lipinski definition) is 1. The molecule has 0 radical (unpaired) electrons. The fourth-order valence-corrected chi connectivity index (χ4v) is 4.48. The number of halogens is 3. The molecule has 9 heteroatoms. The molecular formula is C18H23F3N4O2. The molecule has 2 bridgehead atoms. The van der Waals surface area contributed by atoms with Crippen LogP contribution in [0.2, 0.25) is 0 Å². The Balaban J connectivity index is 1.37. The SMILES string of the molecule is CN=C(NCc1cccnc1OCC(F)(F)F)N1CC2C3CCC(O3)C2C1. The van der Waals surface area contributed by atoms with Gasteiger partial charge in [0.25, 0.3) is 0 Å². The average molecular weight is 384 g/mol. The van der Waals surface area contributed by atoms with Gasteiger partial charge in [0.15, 0.2) is 12.6 Å². The molecule has 0 spiro atoms. The summed E-state index contributed by atoms with van der Waals surface area (Å²) in [5.74, 6) is 1.83. The monoisotopic (exact) mass is 384 g/mol. The Kier molecular flexibility index (Phi) is 4.88. The summed E-state index contributed by atoms with van der Waals surface area (Å²) in [5, 5.41) is 3.24. The molecule has 4 unspecified atom stereocenters. The summed E-state index contributed by atoms with van der Waals surface area (Å²) in [4.78, 5) is 10.5. The van der Waals surface area contributed by atoms with Gasteiger partial charge in [-0.25, -0.2) is 4.98 Å². The normalized spacial score (nSPS) is 29.9. The van der Waals surface area contributed by atoms with Crippen LogP contribution in [0, 0.1) is 11.8 Å². The molecule has 0 aliphatic carbocycles. The number of ether oxygens (including phenoxy) is 2. The summed E-state index contributed by atoms with van der Waals surface area (Å²) in [6.07, 6.45) is 0.0319. The number of aromatic nitrogens is 1. The van der Waals surface area contributed by atoms with Crippen LogP contribution in [0.25, 0.3) is 0 Å². The zero-order valence-electron chi connectivity index (χ0n) is 15.1. The van der Waals surface area contributed by atoms with Gasteiger partial charge in [0.2, 0.25) is 5.88 Å². The topological polar surface area (TPSA) is 59.0 Å². The molecule has 1 N–H and O–H groups in total. The predicted octanol–water partition coefficient (Wildman–Crippen LogP) is 2.21. The summed E-state index contributed by atoms with van der Waals surface area (Å²) < 4.78 is 48.1. The molecule has 1 aromatic rings. The average Bonchev–Trinajstić information content (AvgIpc) is 3.34. The molecule has 0 saturated carbocycles.